The summed E-state index contributed by atoms with van der Waals surface area (Å²) in [6.45, 7) is 5.22. The summed E-state index contributed by atoms with van der Waals surface area (Å²) in [5.74, 6) is -1.02. The summed E-state index contributed by atoms with van der Waals surface area (Å²) in [6, 6.07) is 3.17. The molecule has 0 N–H and O–H groups in total. The zero-order valence-electron chi connectivity index (χ0n) is 9.99. The molecule has 0 amide bonds. The van der Waals surface area contributed by atoms with E-state index in [1.54, 1.807) is 32.9 Å². The zero-order valence-corrected chi connectivity index (χ0v) is 10.7. The molecule has 0 aliphatic carbocycles. The Bertz CT molecular complexity index is 438. The van der Waals surface area contributed by atoms with Crippen molar-refractivity contribution in [3.05, 3.63) is 29.0 Å². The molecular weight excluding hydrogens is 242 g/mol. The van der Waals surface area contributed by atoms with Crippen LogP contribution in [0.15, 0.2) is 18.3 Å². The highest BCUT2D eigenvalue weighted by atomic mass is 35.5. The monoisotopic (exact) mass is 255 g/mol. The van der Waals surface area contributed by atoms with Gasteiger partial charge in [-0.25, -0.2) is 0 Å². The van der Waals surface area contributed by atoms with Gasteiger partial charge in [0, 0.05) is 6.20 Å². The minimum Gasteiger partial charge on any atom is -0.460 e. The summed E-state index contributed by atoms with van der Waals surface area (Å²) in [4.78, 5) is 27.0. The quantitative estimate of drug-likeness (QED) is 0.473. The van der Waals surface area contributed by atoms with Crippen LogP contribution in [0, 0.1) is 0 Å². The van der Waals surface area contributed by atoms with Crippen LogP contribution in [0.1, 0.15) is 37.7 Å². The fraction of sp³-hybridized carbons (Fsp3) is 0.417. The van der Waals surface area contributed by atoms with E-state index in [1.807, 2.05) is 0 Å². The van der Waals surface area contributed by atoms with Crippen LogP contribution < -0.4 is 0 Å². The van der Waals surface area contributed by atoms with E-state index in [4.69, 9.17) is 16.3 Å². The highest BCUT2D eigenvalue weighted by Gasteiger charge is 2.21. The van der Waals surface area contributed by atoms with Crippen molar-refractivity contribution in [2.45, 2.75) is 32.8 Å². The maximum atomic E-state index is 11.7. The molecule has 0 aliphatic rings. The maximum Gasteiger partial charge on any atom is 0.314 e. The van der Waals surface area contributed by atoms with Crippen LogP contribution in [-0.4, -0.2) is 22.3 Å². The lowest BCUT2D eigenvalue weighted by molar-refractivity contribution is -0.153. The van der Waals surface area contributed by atoms with Crippen molar-refractivity contribution < 1.29 is 14.3 Å². The molecule has 0 saturated heterocycles. The van der Waals surface area contributed by atoms with Gasteiger partial charge in [-0.1, -0.05) is 11.6 Å². The minimum absolute atomic E-state index is 0.0972. The number of esters is 1. The SMILES string of the molecule is CC(C)(C)OC(=O)CC(=O)c1ncccc1Cl. The van der Waals surface area contributed by atoms with E-state index < -0.39 is 17.4 Å². The Morgan fingerprint density at radius 3 is 2.59 bits per heavy atom. The number of ether oxygens (including phenoxy) is 1. The van der Waals surface area contributed by atoms with Crippen molar-refractivity contribution in [2.75, 3.05) is 0 Å². The van der Waals surface area contributed by atoms with Crippen molar-refractivity contribution in [3.8, 4) is 0 Å². The van der Waals surface area contributed by atoms with Crippen LogP contribution in [0.25, 0.3) is 0 Å². The molecule has 0 unspecified atom stereocenters. The molecular formula is C12H14ClNO3. The molecule has 5 heteroatoms. The van der Waals surface area contributed by atoms with Crippen LogP contribution in [0.2, 0.25) is 5.02 Å². The van der Waals surface area contributed by atoms with Gasteiger partial charge in [0.15, 0.2) is 5.78 Å². The summed E-state index contributed by atoms with van der Waals surface area (Å²) < 4.78 is 5.04. The maximum absolute atomic E-state index is 11.7. The van der Waals surface area contributed by atoms with E-state index in [2.05, 4.69) is 4.98 Å². The van der Waals surface area contributed by atoms with Crippen LogP contribution in [0.3, 0.4) is 0 Å². The summed E-state index contributed by atoms with van der Waals surface area (Å²) in [5.41, 5.74) is -0.509. The number of ketones is 1. The highest BCUT2D eigenvalue weighted by molar-refractivity contribution is 6.33. The second-order valence-corrected chi connectivity index (χ2v) is 4.93. The van der Waals surface area contributed by atoms with Crippen LogP contribution >= 0.6 is 11.6 Å². The van der Waals surface area contributed by atoms with E-state index in [0.717, 1.165) is 0 Å². The average molecular weight is 256 g/mol. The number of aromatic nitrogens is 1. The Hall–Kier alpha value is -1.42. The second kappa shape index (κ2) is 5.27. The van der Waals surface area contributed by atoms with Gasteiger partial charge in [-0.05, 0) is 32.9 Å². The molecule has 0 aliphatic heterocycles. The minimum atomic E-state index is -0.606. The van der Waals surface area contributed by atoms with Crippen LogP contribution in [-0.2, 0) is 9.53 Å². The first kappa shape index (κ1) is 13.6. The molecule has 0 fully saturated rings. The number of nitrogens with zero attached hydrogens (tertiary/aromatic N) is 1. The fourth-order valence-electron chi connectivity index (χ4n) is 1.18. The number of halogens is 1. The van der Waals surface area contributed by atoms with Gasteiger partial charge in [0.05, 0.1) is 5.02 Å². The first-order chi connectivity index (χ1) is 7.79. The predicted molar refractivity (Wildman–Crippen MR) is 64.0 cm³/mol. The lowest BCUT2D eigenvalue weighted by atomic mass is 10.1. The first-order valence-electron chi connectivity index (χ1n) is 5.15. The number of carbonyl (C=O) groups is 2. The largest absolute Gasteiger partial charge is 0.460 e. The lowest BCUT2D eigenvalue weighted by Gasteiger charge is -2.19. The van der Waals surface area contributed by atoms with Crippen molar-refractivity contribution in [2.24, 2.45) is 0 Å². The van der Waals surface area contributed by atoms with Gasteiger partial charge in [-0.15, -0.1) is 0 Å². The van der Waals surface area contributed by atoms with E-state index in [0.29, 0.717) is 0 Å². The second-order valence-electron chi connectivity index (χ2n) is 4.52. The summed E-state index contributed by atoms with van der Waals surface area (Å²) in [6.07, 6.45) is 1.10. The number of pyridine rings is 1. The molecule has 4 nitrogen and oxygen atoms in total. The molecule has 1 heterocycles. The standard InChI is InChI=1S/C12H14ClNO3/c1-12(2,3)17-10(16)7-9(15)11-8(13)5-4-6-14-11/h4-6H,7H2,1-3H3. The molecule has 17 heavy (non-hydrogen) atoms. The Morgan fingerprint density at radius 2 is 2.06 bits per heavy atom. The van der Waals surface area contributed by atoms with E-state index in [9.17, 15) is 9.59 Å². The molecule has 1 aromatic rings. The molecule has 0 aromatic carbocycles. The Morgan fingerprint density at radius 1 is 1.41 bits per heavy atom. The van der Waals surface area contributed by atoms with Gasteiger partial charge in [-0.2, -0.15) is 0 Å². The fourth-order valence-corrected chi connectivity index (χ4v) is 1.41. The molecule has 0 atom stereocenters. The molecule has 0 radical (unpaired) electrons. The van der Waals surface area contributed by atoms with Crippen molar-refractivity contribution in [3.63, 3.8) is 0 Å². The number of hydrogen-bond acceptors (Lipinski definition) is 4. The van der Waals surface area contributed by atoms with E-state index >= 15 is 0 Å². The van der Waals surface area contributed by atoms with Gasteiger partial charge in [0.25, 0.3) is 0 Å². The van der Waals surface area contributed by atoms with Gasteiger partial charge < -0.3 is 4.74 Å². The van der Waals surface area contributed by atoms with Gasteiger partial charge >= 0.3 is 5.97 Å². The number of hydrogen-bond donors (Lipinski definition) is 0. The summed E-state index contributed by atoms with van der Waals surface area (Å²) >= 11 is 5.80. The van der Waals surface area contributed by atoms with Gasteiger partial charge in [0.2, 0.25) is 0 Å². The smallest absolute Gasteiger partial charge is 0.314 e. The van der Waals surface area contributed by atoms with Gasteiger partial charge in [-0.3, -0.25) is 14.6 Å². The molecule has 1 aromatic heterocycles. The zero-order chi connectivity index (χ0) is 13.1. The molecule has 0 bridgehead atoms. The molecule has 92 valence electrons. The highest BCUT2D eigenvalue weighted by Crippen LogP contribution is 2.15. The summed E-state index contributed by atoms with van der Waals surface area (Å²) in [7, 11) is 0. The number of carbonyl (C=O) groups excluding carboxylic acids is 2. The summed E-state index contributed by atoms with van der Waals surface area (Å²) in [5, 5.41) is 0.237. The normalized spacial score (nSPS) is 11.1. The number of Topliss-reactive ketones (excluding diaryl/α,β-unsaturated/α-hetero) is 1. The molecule has 0 spiro atoms. The van der Waals surface area contributed by atoms with E-state index in [-0.39, 0.29) is 17.1 Å². The Balaban J connectivity index is 2.68. The average Bonchev–Trinajstić information content (AvgIpc) is 2.14. The third kappa shape index (κ3) is 4.53. The first-order valence-corrected chi connectivity index (χ1v) is 5.53. The van der Waals surface area contributed by atoms with Crippen LogP contribution in [0.5, 0.6) is 0 Å². The number of rotatable bonds is 3. The topological polar surface area (TPSA) is 56.3 Å². The van der Waals surface area contributed by atoms with Crippen molar-refractivity contribution in [1.82, 2.24) is 4.98 Å². The van der Waals surface area contributed by atoms with E-state index in [1.165, 1.54) is 6.20 Å². The van der Waals surface area contributed by atoms with Crippen molar-refractivity contribution >= 4 is 23.4 Å². The Labute approximate surface area is 105 Å². The third-order valence-corrected chi connectivity index (χ3v) is 2.05. The van der Waals surface area contributed by atoms with Crippen molar-refractivity contribution in [1.29, 1.82) is 0 Å². The van der Waals surface area contributed by atoms with Crippen LogP contribution in [0.4, 0.5) is 0 Å². The lowest BCUT2D eigenvalue weighted by Crippen LogP contribution is -2.25. The van der Waals surface area contributed by atoms with Gasteiger partial charge in [0.1, 0.15) is 17.7 Å². The third-order valence-electron chi connectivity index (χ3n) is 1.75. The predicted octanol–water partition coefficient (Wildman–Crippen LogP) is 2.65. The molecule has 1 rings (SSSR count). The molecule has 0 saturated carbocycles. The Kier molecular flexibility index (Phi) is 4.23.